The number of hydrogen-bond donors (Lipinski definition) is 1. The number of benzene rings is 2. The topological polar surface area (TPSA) is 55.6 Å². The van der Waals surface area contributed by atoms with Crippen LogP contribution in [0.4, 0.5) is 5.69 Å². The van der Waals surface area contributed by atoms with Gasteiger partial charge in [0.05, 0.1) is 6.61 Å². The number of nitrogens with zero attached hydrogens (tertiary/aromatic N) is 1. The van der Waals surface area contributed by atoms with Crippen molar-refractivity contribution in [1.82, 2.24) is 4.90 Å². The largest absolute Gasteiger partial charge is 0.494 e. The second kappa shape index (κ2) is 8.83. The average molecular weight is 312 g/mol. The highest BCUT2D eigenvalue weighted by molar-refractivity contribution is 5.93. The first-order valence-electron chi connectivity index (χ1n) is 7.95. The van der Waals surface area contributed by atoms with Crippen molar-refractivity contribution in [2.24, 2.45) is 0 Å². The van der Waals surface area contributed by atoms with Crippen molar-refractivity contribution in [3.8, 4) is 5.75 Å². The van der Waals surface area contributed by atoms with Gasteiger partial charge in [-0.2, -0.15) is 0 Å². The maximum absolute atomic E-state index is 12.2. The lowest BCUT2D eigenvalue weighted by molar-refractivity contribution is 0.0792. The smallest absolute Gasteiger partial charge is 0.253 e. The van der Waals surface area contributed by atoms with Crippen molar-refractivity contribution in [2.75, 3.05) is 25.9 Å². The standard InChI is InChI=1S/C19H24N2O2/c1-21(19(22)16-8-4-2-5-9-16)14-6-3-7-15-23-18-12-10-17(20)11-13-18/h2,4-5,8-13H,3,6-7,14-15,20H2,1H3. The fourth-order valence-corrected chi connectivity index (χ4v) is 2.28. The first kappa shape index (κ1) is 16.9. The van der Waals surface area contributed by atoms with Crippen LogP contribution in [0.15, 0.2) is 54.6 Å². The highest BCUT2D eigenvalue weighted by atomic mass is 16.5. The van der Waals surface area contributed by atoms with Crippen LogP contribution < -0.4 is 10.5 Å². The van der Waals surface area contributed by atoms with E-state index >= 15 is 0 Å². The SMILES string of the molecule is CN(CCCCCOc1ccc(N)cc1)C(=O)c1ccccc1. The van der Waals surface area contributed by atoms with E-state index in [0.717, 1.165) is 42.8 Å². The Labute approximate surface area is 137 Å². The number of ether oxygens (including phenoxy) is 1. The molecule has 2 aromatic carbocycles. The summed E-state index contributed by atoms with van der Waals surface area (Å²) >= 11 is 0. The summed E-state index contributed by atoms with van der Waals surface area (Å²) in [5.41, 5.74) is 7.11. The molecule has 0 aliphatic heterocycles. The van der Waals surface area contributed by atoms with Crippen LogP contribution in [0.3, 0.4) is 0 Å². The minimum atomic E-state index is 0.0729. The van der Waals surface area contributed by atoms with Gasteiger partial charge in [-0.25, -0.2) is 0 Å². The second-order valence-corrected chi connectivity index (χ2v) is 5.57. The first-order chi connectivity index (χ1) is 11.2. The van der Waals surface area contributed by atoms with Crippen molar-refractivity contribution < 1.29 is 9.53 Å². The molecule has 2 N–H and O–H groups in total. The van der Waals surface area contributed by atoms with E-state index in [-0.39, 0.29) is 5.91 Å². The Morgan fingerprint density at radius 2 is 1.70 bits per heavy atom. The summed E-state index contributed by atoms with van der Waals surface area (Å²) in [6, 6.07) is 16.8. The number of anilines is 1. The Kier molecular flexibility index (Phi) is 6.48. The third kappa shape index (κ3) is 5.66. The third-order valence-electron chi connectivity index (χ3n) is 3.65. The van der Waals surface area contributed by atoms with E-state index in [2.05, 4.69) is 0 Å². The molecule has 0 spiro atoms. The number of carbonyl (C=O) groups is 1. The molecule has 1 amide bonds. The number of amides is 1. The molecule has 0 radical (unpaired) electrons. The normalized spacial score (nSPS) is 10.3. The summed E-state index contributed by atoms with van der Waals surface area (Å²) < 4.78 is 5.65. The predicted octanol–water partition coefficient (Wildman–Crippen LogP) is 3.59. The number of nitrogen functional groups attached to an aromatic ring is 1. The van der Waals surface area contributed by atoms with Crippen molar-refractivity contribution >= 4 is 11.6 Å². The predicted molar refractivity (Wildman–Crippen MR) is 93.6 cm³/mol. The molecule has 0 aliphatic rings. The molecule has 0 saturated heterocycles. The minimum Gasteiger partial charge on any atom is -0.494 e. The molecule has 122 valence electrons. The van der Waals surface area contributed by atoms with E-state index in [9.17, 15) is 4.79 Å². The molecular weight excluding hydrogens is 288 g/mol. The van der Waals surface area contributed by atoms with Gasteiger partial charge in [-0.15, -0.1) is 0 Å². The van der Waals surface area contributed by atoms with E-state index in [1.54, 1.807) is 4.90 Å². The van der Waals surface area contributed by atoms with E-state index in [1.165, 1.54) is 0 Å². The van der Waals surface area contributed by atoms with Crippen LogP contribution in [0.5, 0.6) is 5.75 Å². The number of hydrogen-bond acceptors (Lipinski definition) is 3. The van der Waals surface area contributed by atoms with Gasteiger partial charge < -0.3 is 15.4 Å². The van der Waals surface area contributed by atoms with Crippen LogP contribution in [-0.4, -0.2) is 31.0 Å². The molecule has 23 heavy (non-hydrogen) atoms. The molecule has 2 aromatic rings. The molecule has 0 aromatic heterocycles. The molecular formula is C19H24N2O2. The lowest BCUT2D eigenvalue weighted by atomic mass is 10.2. The molecule has 0 atom stereocenters. The van der Waals surface area contributed by atoms with E-state index in [0.29, 0.717) is 6.61 Å². The molecule has 4 heteroatoms. The number of unbranched alkanes of at least 4 members (excludes halogenated alkanes) is 2. The van der Waals surface area contributed by atoms with Gasteiger partial charge >= 0.3 is 0 Å². The van der Waals surface area contributed by atoms with Gasteiger partial charge in [0.25, 0.3) is 5.91 Å². The summed E-state index contributed by atoms with van der Waals surface area (Å²) in [5.74, 6) is 0.916. The Morgan fingerprint density at radius 3 is 2.39 bits per heavy atom. The van der Waals surface area contributed by atoms with Crippen LogP contribution in [-0.2, 0) is 0 Å². The average Bonchev–Trinajstić information content (AvgIpc) is 2.59. The van der Waals surface area contributed by atoms with Gasteiger partial charge in [0.2, 0.25) is 0 Å². The van der Waals surface area contributed by atoms with Crippen LogP contribution in [0, 0.1) is 0 Å². The maximum atomic E-state index is 12.2. The molecule has 0 heterocycles. The molecule has 0 aliphatic carbocycles. The van der Waals surface area contributed by atoms with E-state index in [1.807, 2.05) is 61.6 Å². The molecule has 0 bridgehead atoms. The minimum absolute atomic E-state index is 0.0729. The van der Waals surface area contributed by atoms with E-state index < -0.39 is 0 Å². The Hall–Kier alpha value is -2.49. The molecule has 2 rings (SSSR count). The first-order valence-corrected chi connectivity index (χ1v) is 7.95. The van der Waals surface area contributed by atoms with Gasteiger partial charge in [-0.05, 0) is 55.7 Å². The maximum Gasteiger partial charge on any atom is 0.253 e. The lowest BCUT2D eigenvalue weighted by Gasteiger charge is -2.17. The summed E-state index contributed by atoms with van der Waals surface area (Å²) in [4.78, 5) is 13.9. The fourth-order valence-electron chi connectivity index (χ4n) is 2.28. The Bertz CT molecular complexity index is 597. The van der Waals surface area contributed by atoms with Gasteiger partial charge in [-0.3, -0.25) is 4.79 Å². The monoisotopic (exact) mass is 312 g/mol. The number of carbonyl (C=O) groups excluding carboxylic acids is 1. The van der Waals surface area contributed by atoms with Crippen molar-refractivity contribution in [3.05, 3.63) is 60.2 Å². The zero-order valence-corrected chi connectivity index (χ0v) is 13.6. The van der Waals surface area contributed by atoms with Crippen LogP contribution in [0.2, 0.25) is 0 Å². The highest BCUT2D eigenvalue weighted by Gasteiger charge is 2.09. The summed E-state index contributed by atoms with van der Waals surface area (Å²) in [7, 11) is 1.85. The molecule has 0 fully saturated rings. The summed E-state index contributed by atoms with van der Waals surface area (Å²) in [5, 5.41) is 0. The quantitative estimate of drug-likeness (QED) is 0.598. The number of rotatable bonds is 8. The van der Waals surface area contributed by atoms with Crippen molar-refractivity contribution in [1.29, 1.82) is 0 Å². The lowest BCUT2D eigenvalue weighted by Crippen LogP contribution is -2.27. The third-order valence-corrected chi connectivity index (χ3v) is 3.65. The Morgan fingerprint density at radius 1 is 1.00 bits per heavy atom. The molecule has 0 unspecified atom stereocenters. The number of nitrogens with two attached hydrogens (primary N) is 1. The van der Waals surface area contributed by atoms with Crippen molar-refractivity contribution in [2.45, 2.75) is 19.3 Å². The van der Waals surface area contributed by atoms with Crippen molar-refractivity contribution in [3.63, 3.8) is 0 Å². The van der Waals surface area contributed by atoms with Gasteiger partial charge in [0, 0.05) is 24.8 Å². The zero-order chi connectivity index (χ0) is 16.5. The van der Waals surface area contributed by atoms with Gasteiger partial charge in [0.15, 0.2) is 0 Å². The summed E-state index contributed by atoms with van der Waals surface area (Å²) in [6.45, 7) is 1.44. The van der Waals surface area contributed by atoms with Gasteiger partial charge in [-0.1, -0.05) is 18.2 Å². The Balaban J connectivity index is 1.60. The zero-order valence-electron chi connectivity index (χ0n) is 13.6. The second-order valence-electron chi connectivity index (χ2n) is 5.57. The highest BCUT2D eigenvalue weighted by Crippen LogP contribution is 2.13. The van der Waals surface area contributed by atoms with E-state index in [4.69, 9.17) is 10.5 Å². The summed E-state index contributed by atoms with van der Waals surface area (Å²) in [6.07, 6.45) is 2.97. The van der Waals surface area contributed by atoms with Crippen LogP contribution in [0.1, 0.15) is 29.6 Å². The van der Waals surface area contributed by atoms with Crippen LogP contribution >= 0.6 is 0 Å². The van der Waals surface area contributed by atoms with Crippen LogP contribution in [0.25, 0.3) is 0 Å². The molecule has 4 nitrogen and oxygen atoms in total. The molecule has 0 saturated carbocycles. The van der Waals surface area contributed by atoms with Gasteiger partial charge in [0.1, 0.15) is 5.75 Å². The fraction of sp³-hybridized carbons (Fsp3) is 0.316.